The molecule has 0 rings (SSSR count). The van der Waals surface area contributed by atoms with Crippen LogP contribution in [0.4, 0.5) is 0 Å². The Morgan fingerprint density at radius 2 is 2.43 bits per heavy atom. The largest absolute Gasteiger partial charge is 0.269 e. The summed E-state index contributed by atoms with van der Waals surface area (Å²) in [5.41, 5.74) is 0. The van der Waals surface area contributed by atoms with Crippen LogP contribution in [0.15, 0.2) is 12.7 Å². The second-order valence-electron chi connectivity index (χ2n) is 0.808. The van der Waals surface area contributed by atoms with Crippen molar-refractivity contribution in [1.82, 2.24) is 0 Å². The van der Waals surface area contributed by atoms with E-state index in [2.05, 4.69) is 21.1 Å². The first-order chi connectivity index (χ1) is 3.41. The van der Waals surface area contributed by atoms with E-state index < -0.39 is 0 Å². The van der Waals surface area contributed by atoms with Gasteiger partial charge in [0.2, 0.25) is 0 Å². The van der Waals surface area contributed by atoms with Crippen molar-refractivity contribution in [2.24, 2.45) is 0 Å². The van der Waals surface area contributed by atoms with Crippen LogP contribution in [0.1, 0.15) is 0 Å². The zero-order chi connectivity index (χ0) is 5.54. The lowest BCUT2D eigenvalue weighted by molar-refractivity contribution is -0.462. The molecule has 0 heterocycles. The predicted octanol–water partition coefficient (Wildman–Crippen LogP) is -0.667. The van der Waals surface area contributed by atoms with Crippen molar-refractivity contribution < 1.29 is 14.5 Å². The molecule has 0 radical (unpaired) electrons. The van der Waals surface area contributed by atoms with Crippen LogP contribution in [-0.4, -0.2) is 17.1 Å². The van der Waals surface area contributed by atoms with Gasteiger partial charge >= 0.3 is 0 Å². The highest BCUT2D eigenvalue weighted by Crippen LogP contribution is 1.74. The highest BCUT2D eigenvalue weighted by Gasteiger charge is 1.74. The topological polar surface area (TPSA) is 27.7 Å². The smallest absolute Gasteiger partial charge is 0.197 e. The SMILES string of the molecule is C=CCOOO[SiH3]. The Bertz CT molecular complexity index is 47.4. The molecule has 7 heavy (non-hydrogen) atoms. The fourth-order valence-corrected chi connectivity index (χ4v) is 0.220. The van der Waals surface area contributed by atoms with E-state index in [0.29, 0.717) is 17.1 Å². The van der Waals surface area contributed by atoms with Crippen molar-refractivity contribution in [2.75, 3.05) is 6.61 Å². The molecule has 0 unspecified atom stereocenters. The van der Waals surface area contributed by atoms with E-state index in [1.54, 1.807) is 6.08 Å². The van der Waals surface area contributed by atoms with Crippen LogP contribution < -0.4 is 0 Å². The van der Waals surface area contributed by atoms with Crippen LogP contribution in [0, 0.1) is 0 Å². The van der Waals surface area contributed by atoms with Gasteiger partial charge in [-0.15, -0.1) is 6.58 Å². The number of rotatable bonds is 4. The first kappa shape index (κ1) is 6.84. The molecule has 0 fully saturated rings. The van der Waals surface area contributed by atoms with Gasteiger partial charge in [-0.25, -0.2) is 4.89 Å². The molecule has 0 spiro atoms. The summed E-state index contributed by atoms with van der Waals surface area (Å²) >= 11 is 0. The average molecular weight is 120 g/mol. The molecule has 0 aromatic heterocycles. The normalized spacial score (nSPS) is 9.14. The highest BCUT2D eigenvalue weighted by molar-refractivity contribution is 5.97. The maximum absolute atomic E-state index is 4.33. The number of hydrogen-bond donors (Lipinski definition) is 0. The van der Waals surface area contributed by atoms with Gasteiger partial charge in [0.05, 0.1) is 0 Å². The van der Waals surface area contributed by atoms with Crippen molar-refractivity contribution in [3.63, 3.8) is 0 Å². The summed E-state index contributed by atoms with van der Waals surface area (Å²) in [6.45, 7) is 3.75. The summed E-state index contributed by atoms with van der Waals surface area (Å²) in [6.07, 6.45) is 1.57. The molecule has 0 aromatic carbocycles. The molecular weight excluding hydrogens is 112 g/mol. The van der Waals surface area contributed by atoms with Crippen molar-refractivity contribution in [1.29, 1.82) is 0 Å². The van der Waals surface area contributed by atoms with E-state index in [-0.39, 0.29) is 0 Å². The molecule has 0 bridgehead atoms. The maximum Gasteiger partial charge on any atom is 0.197 e. The highest BCUT2D eigenvalue weighted by atomic mass is 28.2. The van der Waals surface area contributed by atoms with Gasteiger partial charge in [0, 0.05) is 0 Å². The van der Waals surface area contributed by atoms with Gasteiger partial charge in [0.1, 0.15) is 6.61 Å². The molecule has 0 atom stereocenters. The Balaban J connectivity index is 2.56. The lowest BCUT2D eigenvalue weighted by Gasteiger charge is -1.92. The van der Waals surface area contributed by atoms with Gasteiger partial charge in [-0.05, 0) is 0 Å². The molecule has 0 aliphatic heterocycles. The monoisotopic (exact) mass is 120 g/mol. The van der Waals surface area contributed by atoms with Crippen LogP contribution in [-0.2, 0) is 14.5 Å². The van der Waals surface area contributed by atoms with Gasteiger partial charge in [-0.2, -0.15) is 0 Å². The van der Waals surface area contributed by atoms with Gasteiger partial charge in [-0.1, -0.05) is 11.1 Å². The van der Waals surface area contributed by atoms with Crippen molar-refractivity contribution in [2.45, 2.75) is 0 Å². The van der Waals surface area contributed by atoms with Crippen LogP contribution >= 0.6 is 0 Å². The summed E-state index contributed by atoms with van der Waals surface area (Å²) in [7, 11) is 0.524. The average Bonchev–Trinajstić information content (AvgIpc) is 1.69. The van der Waals surface area contributed by atoms with Gasteiger partial charge in [0.15, 0.2) is 10.5 Å². The Kier molecular flexibility index (Phi) is 5.70. The zero-order valence-electron chi connectivity index (χ0n) is 4.22. The summed E-state index contributed by atoms with van der Waals surface area (Å²) in [5, 5.41) is 4.06. The van der Waals surface area contributed by atoms with E-state index in [1.807, 2.05) is 0 Å². The van der Waals surface area contributed by atoms with E-state index >= 15 is 0 Å². The minimum atomic E-state index is 0.363. The van der Waals surface area contributed by atoms with E-state index in [4.69, 9.17) is 0 Å². The van der Waals surface area contributed by atoms with Crippen LogP contribution in [0.25, 0.3) is 0 Å². The molecule has 0 aliphatic rings. The molecule has 0 saturated heterocycles. The molecule has 0 saturated carbocycles. The molecule has 0 amide bonds. The number of hydrogen-bond acceptors (Lipinski definition) is 3. The summed E-state index contributed by atoms with van der Waals surface area (Å²) < 4.78 is 4.21. The Labute approximate surface area is 45.3 Å². The molecule has 42 valence electrons. The molecule has 0 aromatic rings. The Hall–Kier alpha value is -0.163. The molecule has 4 heteroatoms. The maximum atomic E-state index is 4.33. The van der Waals surface area contributed by atoms with Gasteiger partial charge in [0.25, 0.3) is 0 Å². The minimum absolute atomic E-state index is 0.363. The fourth-order valence-electron chi connectivity index (χ4n) is 0.124. The summed E-state index contributed by atoms with van der Waals surface area (Å²) in [4.78, 5) is 4.33. The van der Waals surface area contributed by atoms with E-state index in [0.717, 1.165) is 0 Å². The minimum Gasteiger partial charge on any atom is -0.269 e. The quantitative estimate of drug-likeness (QED) is 0.162. The predicted molar refractivity (Wildman–Crippen MR) is 28.3 cm³/mol. The van der Waals surface area contributed by atoms with E-state index in [9.17, 15) is 0 Å². The van der Waals surface area contributed by atoms with Gasteiger partial charge in [-0.3, -0.25) is 4.58 Å². The van der Waals surface area contributed by atoms with Crippen LogP contribution in [0.3, 0.4) is 0 Å². The second kappa shape index (κ2) is 5.84. The Morgan fingerprint density at radius 3 is 2.86 bits per heavy atom. The second-order valence-corrected chi connectivity index (χ2v) is 1.14. The lowest BCUT2D eigenvalue weighted by atomic mass is 10.7. The van der Waals surface area contributed by atoms with Crippen molar-refractivity contribution >= 4 is 10.5 Å². The first-order valence-electron chi connectivity index (χ1n) is 1.85. The standard InChI is InChI=1S/C3H8O3Si/c1-2-3-4-5-6-7/h2H,1,3H2,7H3. The molecule has 0 N–H and O–H groups in total. The molecular formula is C3H8O3Si. The first-order valence-corrected chi connectivity index (χ1v) is 2.66. The van der Waals surface area contributed by atoms with Gasteiger partial charge < -0.3 is 0 Å². The van der Waals surface area contributed by atoms with E-state index in [1.165, 1.54) is 0 Å². The zero-order valence-corrected chi connectivity index (χ0v) is 6.22. The third-order valence-corrected chi connectivity index (χ3v) is 0.438. The molecule has 3 nitrogen and oxygen atoms in total. The lowest BCUT2D eigenvalue weighted by Crippen LogP contribution is -1.91. The summed E-state index contributed by atoms with van der Waals surface area (Å²) in [6, 6.07) is 0. The van der Waals surface area contributed by atoms with Crippen molar-refractivity contribution in [3.05, 3.63) is 12.7 Å². The van der Waals surface area contributed by atoms with Crippen LogP contribution in [0.5, 0.6) is 0 Å². The summed E-state index contributed by atoms with van der Waals surface area (Å²) in [5.74, 6) is 0. The third kappa shape index (κ3) is 5.84. The Morgan fingerprint density at radius 1 is 1.71 bits per heavy atom. The van der Waals surface area contributed by atoms with Crippen molar-refractivity contribution in [3.8, 4) is 0 Å². The fraction of sp³-hybridized carbons (Fsp3) is 0.333. The van der Waals surface area contributed by atoms with Crippen LogP contribution in [0.2, 0.25) is 0 Å². The molecule has 0 aliphatic carbocycles. The third-order valence-electron chi connectivity index (χ3n) is 0.302.